The van der Waals surface area contributed by atoms with Crippen molar-refractivity contribution >= 4 is 0 Å². The Hall–Kier alpha value is -0.800. The highest BCUT2D eigenvalue weighted by molar-refractivity contribution is 5.27. The van der Waals surface area contributed by atoms with Crippen LogP contribution in [-0.4, -0.2) is 19.2 Å². The van der Waals surface area contributed by atoms with Gasteiger partial charge < -0.3 is 14.5 Å². The first-order valence-corrected chi connectivity index (χ1v) is 7.00. The molecule has 2 rings (SSSR count). The van der Waals surface area contributed by atoms with Gasteiger partial charge in [0, 0.05) is 18.2 Å². The lowest BCUT2D eigenvalue weighted by molar-refractivity contribution is -0.0819. The summed E-state index contributed by atoms with van der Waals surface area (Å²) in [5.74, 6) is 1.96. The van der Waals surface area contributed by atoms with E-state index < -0.39 is 0 Å². The lowest BCUT2D eigenvalue weighted by Crippen LogP contribution is -2.44. The molecule has 0 spiro atoms. The van der Waals surface area contributed by atoms with E-state index in [-0.39, 0.29) is 5.60 Å². The van der Waals surface area contributed by atoms with Gasteiger partial charge in [-0.05, 0) is 52.6 Å². The Balaban J connectivity index is 2.12. The summed E-state index contributed by atoms with van der Waals surface area (Å²) >= 11 is 0. The van der Waals surface area contributed by atoms with Crippen molar-refractivity contribution in [2.24, 2.45) is 0 Å². The van der Waals surface area contributed by atoms with E-state index in [0.717, 1.165) is 37.5 Å². The van der Waals surface area contributed by atoms with Crippen molar-refractivity contribution in [2.45, 2.75) is 58.6 Å². The average molecular weight is 251 g/mol. The van der Waals surface area contributed by atoms with E-state index in [2.05, 4.69) is 25.2 Å². The maximum atomic E-state index is 6.06. The molecule has 0 radical (unpaired) electrons. The first-order valence-electron chi connectivity index (χ1n) is 7.00. The number of furan rings is 1. The molecule has 1 aromatic heterocycles. The van der Waals surface area contributed by atoms with Crippen molar-refractivity contribution in [3.05, 3.63) is 23.2 Å². The van der Waals surface area contributed by atoms with Crippen LogP contribution in [0.15, 0.2) is 10.5 Å². The summed E-state index contributed by atoms with van der Waals surface area (Å²) in [6, 6.07) is 2.68. The van der Waals surface area contributed by atoms with E-state index in [1.54, 1.807) is 0 Å². The van der Waals surface area contributed by atoms with Gasteiger partial charge in [-0.15, -0.1) is 0 Å². The van der Waals surface area contributed by atoms with E-state index in [1.807, 2.05) is 13.8 Å². The summed E-state index contributed by atoms with van der Waals surface area (Å²) < 4.78 is 11.7. The summed E-state index contributed by atoms with van der Waals surface area (Å²) in [7, 11) is 0. The fraction of sp³-hybridized carbons (Fsp3) is 0.733. The van der Waals surface area contributed by atoms with E-state index >= 15 is 0 Å². The maximum Gasteiger partial charge on any atom is 0.107 e. The largest absolute Gasteiger partial charge is 0.466 e. The summed E-state index contributed by atoms with van der Waals surface area (Å²) in [6.45, 7) is 10.3. The highest BCUT2D eigenvalue weighted by atomic mass is 16.5. The summed E-state index contributed by atoms with van der Waals surface area (Å²) in [5.41, 5.74) is 1.01. The molecular weight excluding hydrogens is 226 g/mol. The van der Waals surface area contributed by atoms with E-state index in [1.165, 1.54) is 12.0 Å². The molecule has 0 amide bonds. The monoisotopic (exact) mass is 251 g/mol. The van der Waals surface area contributed by atoms with Crippen LogP contribution >= 0.6 is 0 Å². The number of rotatable bonds is 4. The molecule has 1 aliphatic heterocycles. The van der Waals surface area contributed by atoms with Gasteiger partial charge >= 0.3 is 0 Å². The van der Waals surface area contributed by atoms with Crippen LogP contribution in [0.5, 0.6) is 0 Å². The predicted molar refractivity (Wildman–Crippen MR) is 72.8 cm³/mol. The number of nitrogens with one attached hydrogen (secondary N) is 1. The van der Waals surface area contributed by atoms with Crippen LogP contribution in [-0.2, 0) is 10.3 Å². The molecule has 1 fully saturated rings. The zero-order valence-electron chi connectivity index (χ0n) is 12.0. The van der Waals surface area contributed by atoms with Crippen LogP contribution in [0.2, 0.25) is 0 Å². The van der Waals surface area contributed by atoms with Crippen molar-refractivity contribution in [3.8, 4) is 0 Å². The molecule has 2 unspecified atom stereocenters. The minimum Gasteiger partial charge on any atom is -0.466 e. The highest BCUT2D eigenvalue weighted by Crippen LogP contribution is 2.37. The smallest absolute Gasteiger partial charge is 0.107 e. The maximum absolute atomic E-state index is 6.06. The second-order valence-electron chi connectivity index (χ2n) is 5.55. The predicted octanol–water partition coefficient (Wildman–Crippen LogP) is 3.29. The molecule has 102 valence electrons. The third-order valence-electron chi connectivity index (χ3n) is 3.82. The fourth-order valence-corrected chi connectivity index (χ4v) is 2.92. The SMILES string of the molecule is CCCNC1CCOC(C)(c2cc(C)oc2C)C1. The Morgan fingerprint density at radius 1 is 1.44 bits per heavy atom. The van der Waals surface area contributed by atoms with Crippen LogP contribution in [0.25, 0.3) is 0 Å². The Kier molecular flexibility index (Phi) is 4.13. The topological polar surface area (TPSA) is 34.4 Å². The number of ether oxygens (including phenoxy) is 1. The van der Waals surface area contributed by atoms with Gasteiger partial charge in [-0.25, -0.2) is 0 Å². The van der Waals surface area contributed by atoms with Gasteiger partial charge in [0.25, 0.3) is 0 Å². The van der Waals surface area contributed by atoms with Crippen molar-refractivity contribution in [1.29, 1.82) is 0 Å². The van der Waals surface area contributed by atoms with Gasteiger partial charge in [0.1, 0.15) is 11.5 Å². The molecule has 3 nitrogen and oxygen atoms in total. The van der Waals surface area contributed by atoms with E-state index in [9.17, 15) is 0 Å². The lowest BCUT2D eigenvalue weighted by atomic mass is 9.85. The molecule has 0 aromatic carbocycles. The molecule has 0 bridgehead atoms. The van der Waals surface area contributed by atoms with Crippen LogP contribution in [0.4, 0.5) is 0 Å². The molecule has 2 atom stereocenters. The van der Waals surface area contributed by atoms with Crippen molar-refractivity contribution in [3.63, 3.8) is 0 Å². The van der Waals surface area contributed by atoms with Gasteiger partial charge in [0.2, 0.25) is 0 Å². The number of aryl methyl sites for hydroxylation is 2. The lowest BCUT2D eigenvalue weighted by Gasteiger charge is -2.38. The number of hydrogen-bond acceptors (Lipinski definition) is 3. The third kappa shape index (κ3) is 2.78. The highest BCUT2D eigenvalue weighted by Gasteiger charge is 2.37. The average Bonchev–Trinajstić information content (AvgIpc) is 2.67. The molecular formula is C15H25NO2. The van der Waals surface area contributed by atoms with Crippen LogP contribution < -0.4 is 5.32 Å². The Morgan fingerprint density at radius 3 is 2.83 bits per heavy atom. The molecule has 1 saturated heterocycles. The Bertz CT molecular complexity index is 399. The van der Waals surface area contributed by atoms with E-state index in [0.29, 0.717) is 6.04 Å². The molecule has 0 aliphatic carbocycles. The molecule has 0 saturated carbocycles. The molecule has 2 heterocycles. The molecule has 1 aliphatic rings. The van der Waals surface area contributed by atoms with Crippen LogP contribution in [0.3, 0.4) is 0 Å². The van der Waals surface area contributed by atoms with Crippen molar-refractivity contribution < 1.29 is 9.15 Å². The minimum absolute atomic E-state index is 0.203. The van der Waals surface area contributed by atoms with Crippen LogP contribution in [0.1, 0.15) is 50.2 Å². The van der Waals surface area contributed by atoms with Gasteiger partial charge in [-0.3, -0.25) is 0 Å². The third-order valence-corrected chi connectivity index (χ3v) is 3.82. The van der Waals surface area contributed by atoms with Gasteiger partial charge in [0.05, 0.1) is 5.60 Å². The van der Waals surface area contributed by atoms with Crippen LogP contribution in [0, 0.1) is 13.8 Å². The summed E-state index contributed by atoms with van der Waals surface area (Å²) in [4.78, 5) is 0. The standard InChI is InChI=1S/C15H25NO2/c1-5-7-16-13-6-8-17-15(4,10-13)14-9-11(2)18-12(14)3/h9,13,16H,5-8,10H2,1-4H3. The first kappa shape index (κ1) is 13.6. The minimum atomic E-state index is -0.203. The Labute approximate surface area is 110 Å². The zero-order chi connectivity index (χ0) is 13.2. The van der Waals surface area contributed by atoms with Gasteiger partial charge in [-0.2, -0.15) is 0 Å². The van der Waals surface area contributed by atoms with Gasteiger partial charge in [-0.1, -0.05) is 6.92 Å². The first-order chi connectivity index (χ1) is 8.55. The second-order valence-corrected chi connectivity index (χ2v) is 5.55. The summed E-state index contributed by atoms with van der Waals surface area (Å²) in [5, 5.41) is 3.61. The van der Waals surface area contributed by atoms with E-state index in [4.69, 9.17) is 9.15 Å². The molecule has 1 aromatic rings. The normalized spacial score (nSPS) is 28.6. The molecule has 18 heavy (non-hydrogen) atoms. The molecule has 3 heteroatoms. The second kappa shape index (κ2) is 5.45. The van der Waals surface area contributed by atoms with Crippen molar-refractivity contribution in [2.75, 3.05) is 13.2 Å². The number of hydrogen-bond donors (Lipinski definition) is 1. The summed E-state index contributed by atoms with van der Waals surface area (Å²) in [6.07, 6.45) is 3.30. The van der Waals surface area contributed by atoms with Gasteiger partial charge in [0.15, 0.2) is 0 Å². The quantitative estimate of drug-likeness (QED) is 0.891. The molecule has 1 N–H and O–H groups in total. The Morgan fingerprint density at radius 2 is 2.22 bits per heavy atom. The fourth-order valence-electron chi connectivity index (χ4n) is 2.92. The zero-order valence-corrected chi connectivity index (χ0v) is 12.0. The van der Waals surface area contributed by atoms with Crippen molar-refractivity contribution in [1.82, 2.24) is 5.32 Å².